The van der Waals surface area contributed by atoms with Gasteiger partial charge in [-0.1, -0.05) is 23.7 Å². The molecular weight excluding hydrogens is 543 g/mol. The van der Waals surface area contributed by atoms with E-state index in [9.17, 15) is 14.7 Å². The first-order valence-electron chi connectivity index (χ1n) is 13.1. The van der Waals surface area contributed by atoms with Crippen LogP contribution in [0.1, 0.15) is 61.8 Å². The van der Waals surface area contributed by atoms with Crippen molar-refractivity contribution >= 4 is 40.7 Å². The number of benzene rings is 2. The molecule has 212 valence electrons. The summed E-state index contributed by atoms with van der Waals surface area (Å²) in [4.78, 5) is 23.4. The van der Waals surface area contributed by atoms with E-state index < -0.39 is 16.9 Å². The number of fused-ring (bicyclic) bond motifs is 2. The molecule has 0 fully saturated rings. The number of halogens is 2. The van der Waals surface area contributed by atoms with Crippen LogP contribution < -0.4 is 9.47 Å². The predicted octanol–water partition coefficient (Wildman–Crippen LogP) is 5.93. The molecule has 1 N–H and O–H groups in total. The Morgan fingerprint density at radius 2 is 1.54 bits per heavy atom. The summed E-state index contributed by atoms with van der Waals surface area (Å²) in [5, 5.41) is 11.1. The van der Waals surface area contributed by atoms with Gasteiger partial charge in [-0.25, -0.2) is 0 Å². The Morgan fingerprint density at radius 1 is 0.923 bits per heavy atom. The van der Waals surface area contributed by atoms with Gasteiger partial charge in [-0.3, -0.25) is 9.59 Å². The maximum atomic E-state index is 11.8. The Balaban J connectivity index is 0.000000216. The summed E-state index contributed by atoms with van der Waals surface area (Å²) in [6.45, 7) is 4.20. The molecule has 2 aromatic rings. The second-order valence-corrected chi connectivity index (χ2v) is 10.3. The molecule has 9 heteroatoms. The molecule has 2 atom stereocenters. The average Bonchev–Trinajstić information content (AvgIpc) is 2.92. The van der Waals surface area contributed by atoms with Crippen molar-refractivity contribution in [2.45, 2.75) is 63.4 Å². The maximum absolute atomic E-state index is 11.8. The van der Waals surface area contributed by atoms with Crippen LogP contribution in [0.4, 0.5) is 0 Å². The number of methoxy groups -OCH3 is 2. The zero-order valence-electron chi connectivity index (χ0n) is 22.9. The first-order valence-corrected chi connectivity index (χ1v) is 13.9. The molecule has 2 aliphatic rings. The first-order chi connectivity index (χ1) is 18.7. The largest absolute Gasteiger partial charge is 0.497 e. The van der Waals surface area contributed by atoms with Crippen LogP contribution in [-0.2, 0) is 37.5 Å². The van der Waals surface area contributed by atoms with Gasteiger partial charge in [0.2, 0.25) is 0 Å². The van der Waals surface area contributed by atoms with Crippen LogP contribution in [0.25, 0.3) is 5.57 Å². The molecular formula is C30H36Cl2O7. The normalized spacial score (nSPS) is 19.6. The van der Waals surface area contributed by atoms with E-state index in [4.69, 9.17) is 42.1 Å². The smallest absolute Gasteiger partial charge is 0.310 e. The number of esters is 2. The van der Waals surface area contributed by atoms with Crippen molar-refractivity contribution in [1.29, 1.82) is 0 Å². The van der Waals surface area contributed by atoms with E-state index in [1.165, 1.54) is 5.56 Å². The lowest BCUT2D eigenvalue weighted by Gasteiger charge is -2.38. The number of allylic oxidation sites excluding steroid dienone is 1. The van der Waals surface area contributed by atoms with E-state index in [0.717, 1.165) is 46.7 Å². The number of alkyl halides is 1. The molecule has 2 aromatic carbocycles. The highest BCUT2D eigenvalue weighted by Crippen LogP contribution is 2.42. The summed E-state index contributed by atoms with van der Waals surface area (Å²) in [5.41, 5.74) is 3.31. The molecule has 39 heavy (non-hydrogen) atoms. The highest BCUT2D eigenvalue weighted by Gasteiger charge is 2.44. The lowest BCUT2D eigenvalue weighted by atomic mass is 9.76. The summed E-state index contributed by atoms with van der Waals surface area (Å²) >= 11 is 12.6. The molecule has 0 saturated carbocycles. The summed E-state index contributed by atoms with van der Waals surface area (Å²) in [6, 6.07) is 11.4. The highest BCUT2D eigenvalue weighted by atomic mass is 35.5. The Hall–Kier alpha value is -2.74. The molecule has 0 aliphatic heterocycles. The zero-order valence-corrected chi connectivity index (χ0v) is 24.4. The number of aliphatic hydroxyl groups is 1. The molecule has 0 amide bonds. The third kappa shape index (κ3) is 7.47. The van der Waals surface area contributed by atoms with Crippen LogP contribution in [0.15, 0.2) is 41.4 Å². The highest BCUT2D eigenvalue weighted by molar-refractivity contribution is 6.33. The van der Waals surface area contributed by atoms with Crippen LogP contribution in [0, 0.1) is 0 Å². The summed E-state index contributed by atoms with van der Waals surface area (Å²) in [5.74, 6) is 0.714. The first kappa shape index (κ1) is 30.8. The van der Waals surface area contributed by atoms with Crippen molar-refractivity contribution in [2.75, 3.05) is 27.4 Å². The number of hydrogen-bond acceptors (Lipinski definition) is 7. The number of carbonyl (C=O) groups is 2. The SMILES string of the molecule is CCOC(=O)CC1(O)c2cc(OC)ccc2CCC1Cl.CCOC(=O)CC1=C(Cl)CCc2ccc(OC)cc21. The van der Waals surface area contributed by atoms with Crippen molar-refractivity contribution in [3.05, 3.63) is 63.7 Å². The standard InChI is InChI=1S/C15H19ClO4.C15H17ClO3/c1-3-20-14(17)9-15(18)12-8-11(19-2)6-4-10(12)5-7-13(15)16;1-3-19-15(17)9-13-12-8-11(18-2)6-4-10(12)5-7-14(13)16/h4,6,8,13,18H,3,5,7,9H2,1-2H3;4,6,8H,3,5,7,9H2,1-2H3. The molecule has 7 nitrogen and oxygen atoms in total. The van der Waals surface area contributed by atoms with Gasteiger partial charge in [0.25, 0.3) is 0 Å². The van der Waals surface area contributed by atoms with Gasteiger partial charge < -0.3 is 24.1 Å². The summed E-state index contributed by atoms with van der Waals surface area (Å²) in [6.07, 6.45) is 3.14. The number of ether oxygens (including phenoxy) is 4. The zero-order chi connectivity index (χ0) is 28.6. The number of aryl methyl sites for hydroxylation is 2. The second-order valence-electron chi connectivity index (χ2n) is 9.32. The molecule has 0 spiro atoms. The average molecular weight is 580 g/mol. The number of carbonyl (C=O) groups excluding carboxylic acids is 2. The molecule has 2 aliphatic carbocycles. The minimum Gasteiger partial charge on any atom is -0.497 e. The van der Waals surface area contributed by atoms with Gasteiger partial charge in [-0.05, 0) is 91.6 Å². The minimum absolute atomic E-state index is 0.144. The van der Waals surface area contributed by atoms with Crippen molar-refractivity contribution in [3.8, 4) is 11.5 Å². The molecule has 0 radical (unpaired) electrons. The summed E-state index contributed by atoms with van der Waals surface area (Å²) < 4.78 is 20.4. The van der Waals surface area contributed by atoms with Crippen LogP contribution in [0.2, 0.25) is 0 Å². The Bertz CT molecular complexity index is 1210. The fourth-order valence-corrected chi connectivity index (χ4v) is 5.47. The van der Waals surface area contributed by atoms with Crippen LogP contribution in [0.5, 0.6) is 11.5 Å². The van der Waals surface area contributed by atoms with Gasteiger partial charge in [-0.2, -0.15) is 0 Å². The third-order valence-electron chi connectivity index (χ3n) is 6.90. The van der Waals surface area contributed by atoms with Crippen LogP contribution in [-0.4, -0.2) is 49.9 Å². The van der Waals surface area contributed by atoms with E-state index in [-0.39, 0.29) is 25.4 Å². The molecule has 2 unspecified atom stereocenters. The fourth-order valence-electron chi connectivity index (χ4n) is 4.90. The Morgan fingerprint density at radius 3 is 2.18 bits per heavy atom. The minimum atomic E-state index is -1.41. The Kier molecular flexibility index (Phi) is 11.1. The predicted molar refractivity (Wildman–Crippen MR) is 151 cm³/mol. The van der Waals surface area contributed by atoms with E-state index in [0.29, 0.717) is 24.3 Å². The van der Waals surface area contributed by atoms with E-state index in [1.807, 2.05) is 30.3 Å². The van der Waals surface area contributed by atoms with Crippen molar-refractivity contribution < 1.29 is 33.6 Å². The van der Waals surface area contributed by atoms with Crippen molar-refractivity contribution in [1.82, 2.24) is 0 Å². The topological polar surface area (TPSA) is 91.3 Å². The summed E-state index contributed by atoms with van der Waals surface area (Å²) in [7, 11) is 3.19. The van der Waals surface area contributed by atoms with Crippen LogP contribution in [0.3, 0.4) is 0 Å². The molecule has 0 saturated heterocycles. The molecule has 0 heterocycles. The van der Waals surface area contributed by atoms with Gasteiger partial charge in [0.15, 0.2) is 0 Å². The van der Waals surface area contributed by atoms with Gasteiger partial charge in [-0.15, -0.1) is 11.6 Å². The van der Waals surface area contributed by atoms with Crippen LogP contribution >= 0.6 is 23.2 Å². The molecule has 0 bridgehead atoms. The van der Waals surface area contributed by atoms with E-state index >= 15 is 0 Å². The van der Waals surface area contributed by atoms with Gasteiger partial charge >= 0.3 is 11.9 Å². The lowest BCUT2D eigenvalue weighted by molar-refractivity contribution is -0.149. The quantitative estimate of drug-likeness (QED) is 0.306. The second kappa shape index (κ2) is 14.1. The van der Waals surface area contributed by atoms with Crippen molar-refractivity contribution in [2.24, 2.45) is 0 Å². The Labute approximate surface area is 240 Å². The van der Waals surface area contributed by atoms with E-state index in [2.05, 4.69) is 0 Å². The maximum Gasteiger partial charge on any atom is 0.310 e. The van der Waals surface area contributed by atoms with Gasteiger partial charge in [0, 0.05) is 5.03 Å². The monoisotopic (exact) mass is 578 g/mol. The number of hydrogen-bond donors (Lipinski definition) is 1. The van der Waals surface area contributed by atoms with Crippen molar-refractivity contribution in [3.63, 3.8) is 0 Å². The third-order valence-corrected chi connectivity index (χ3v) is 7.89. The van der Waals surface area contributed by atoms with E-state index in [1.54, 1.807) is 34.1 Å². The molecule has 0 aromatic heterocycles. The number of rotatable bonds is 8. The van der Waals surface area contributed by atoms with Gasteiger partial charge in [0.1, 0.15) is 17.1 Å². The molecule has 4 rings (SSSR count). The lowest BCUT2D eigenvalue weighted by Crippen LogP contribution is -2.42. The fraction of sp³-hybridized carbons (Fsp3) is 0.467. The van der Waals surface area contributed by atoms with Gasteiger partial charge in [0.05, 0.1) is 45.7 Å².